The number of carboxylic acids is 1. The Morgan fingerprint density at radius 1 is 1.06 bits per heavy atom. The maximum Gasteiger partial charge on any atom is 0.326 e. The van der Waals surface area contributed by atoms with Gasteiger partial charge in [-0.3, -0.25) is 4.79 Å². The molecule has 4 rings (SSSR count). The van der Waals surface area contributed by atoms with Gasteiger partial charge >= 0.3 is 5.97 Å². The number of nitrogens with one attached hydrogen (secondary N) is 1. The van der Waals surface area contributed by atoms with Crippen LogP contribution in [-0.2, 0) is 9.59 Å². The van der Waals surface area contributed by atoms with Crippen LogP contribution >= 0.6 is 11.8 Å². The molecule has 34 heavy (non-hydrogen) atoms. The summed E-state index contributed by atoms with van der Waals surface area (Å²) in [4.78, 5) is 24.0. The lowest BCUT2D eigenvalue weighted by molar-refractivity contribution is -0.141. The summed E-state index contributed by atoms with van der Waals surface area (Å²) in [6.45, 7) is 0. The number of fused-ring (bicyclic) bond motifs is 1. The maximum atomic E-state index is 12.5. The summed E-state index contributed by atoms with van der Waals surface area (Å²) in [6.07, 6.45) is 7.18. The number of nitrogens with zero attached hydrogens (tertiary/aromatic N) is 2. The van der Waals surface area contributed by atoms with Crippen LogP contribution in [0.1, 0.15) is 12.0 Å². The minimum Gasteiger partial charge on any atom is -0.480 e. The number of carbonyl (C=O) groups excluding carboxylic acids is 1. The van der Waals surface area contributed by atoms with Crippen molar-refractivity contribution in [3.05, 3.63) is 90.6 Å². The molecule has 1 atom stereocenters. The van der Waals surface area contributed by atoms with E-state index in [1.807, 2.05) is 61.0 Å². The minimum absolute atomic E-state index is 0.365. The number of rotatable bonds is 9. The van der Waals surface area contributed by atoms with Gasteiger partial charge in [-0.05, 0) is 53.5 Å². The summed E-state index contributed by atoms with van der Waals surface area (Å²) in [5, 5.41) is 19.0. The molecule has 172 valence electrons. The average Bonchev–Trinajstić information content (AvgIpc) is 3.29. The first-order chi connectivity index (χ1) is 16.5. The number of carboxylic acid groups (broad SMARTS) is 1. The molecule has 1 aromatic heterocycles. The van der Waals surface area contributed by atoms with Crippen molar-refractivity contribution in [3.63, 3.8) is 0 Å². The van der Waals surface area contributed by atoms with Gasteiger partial charge in [0.15, 0.2) is 0 Å². The molecule has 0 saturated carbocycles. The number of para-hydroxylation sites is 1. The monoisotopic (exact) mass is 471 g/mol. The van der Waals surface area contributed by atoms with E-state index >= 15 is 0 Å². The maximum absolute atomic E-state index is 12.5. The predicted octanol–water partition coefficient (Wildman–Crippen LogP) is 5.03. The van der Waals surface area contributed by atoms with Crippen LogP contribution in [0.3, 0.4) is 0 Å². The number of thioether (sulfide) groups is 1. The van der Waals surface area contributed by atoms with Gasteiger partial charge in [-0.1, -0.05) is 54.6 Å². The van der Waals surface area contributed by atoms with Crippen LogP contribution in [0, 0.1) is 0 Å². The van der Waals surface area contributed by atoms with Crippen molar-refractivity contribution in [2.24, 2.45) is 0 Å². The minimum atomic E-state index is -1.04. The number of benzene rings is 3. The van der Waals surface area contributed by atoms with Gasteiger partial charge in [0, 0.05) is 23.4 Å². The van der Waals surface area contributed by atoms with E-state index < -0.39 is 17.9 Å². The Kier molecular flexibility index (Phi) is 7.44. The zero-order valence-corrected chi connectivity index (χ0v) is 19.5. The van der Waals surface area contributed by atoms with E-state index in [2.05, 4.69) is 29.6 Å². The van der Waals surface area contributed by atoms with Crippen molar-refractivity contribution in [1.29, 1.82) is 0 Å². The Labute approximate surface area is 202 Å². The van der Waals surface area contributed by atoms with Gasteiger partial charge in [0.1, 0.15) is 6.04 Å². The molecule has 0 saturated heterocycles. The average molecular weight is 472 g/mol. The molecule has 1 heterocycles. The first kappa shape index (κ1) is 23.3. The van der Waals surface area contributed by atoms with Crippen molar-refractivity contribution >= 4 is 40.5 Å². The summed E-state index contributed by atoms with van der Waals surface area (Å²) in [6, 6.07) is 23.1. The summed E-state index contributed by atoms with van der Waals surface area (Å²) in [5.74, 6) is -0.841. The summed E-state index contributed by atoms with van der Waals surface area (Å²) >= 11 is 1.54. The summed E-state index contributed by atoms with van der Waals surface area (Å²) in [5.41, 5.74) is 3.31. The normalized spacial score (nSPS) is 12.1. The number of hydrogen-bond donors (Lipinski definition) is 2. The molecule has 0 radical (unpaired) electrons. The number of carbonyl (C=O) groups is 2. The second kappa shape index (κ2) is 10.9. The van der Waals surface area contributed by atoms with Crippen molar-refractivity contribution < 1.29 is 14.7 Å². The van der Waals surface area contributed by atoms with Crippen molar-refractivity contribution in [2.75, 3.05) is 12.0 Å². The van der Waals surface area contributed by atoms with Crippen LogP contribution in [0.25, 0.3) is 33.8 Å². The van der Waals surface area contributed by atoms with Gasteiger partial charge in [-0.2, -0.15) is 16.9 Å². The van der Waals surface area contributed by atoms with Crippen LogP contribution in [0.4, 0.5) is 0 Å². The third kappa shape index (κ3) is 5.55. The van der Waals surface area contributed by atoms with Crippen molar-refractivity contribution in [3.8, 4) is 16.9 Å². The van der Waals surface area contributed by atoms with Gasteiger partial charge in [-0.15, -0.1) is 0 Å². The second-order valence-corrected chi connectivity index (χ2v) is 8.77. The molecule has 1 amide bonds. The predicted molar refractivity (Wildman–Crippen MR) is 138 cm³/mol. The summed E-state index contributed by atoms with van der Waals surface area (Å²) in [7, 11) is 0. The standard InChI is InChI=1S/C27H25N3O3S/c1-34-16-15-24(27(32)33)28-25(31)14-13-22-18-30(23-9-3-2-4-10-23)29-26(22)21-12-11-19-7-5-6-8-20(19)17-21/h2-14,17-18,24H,15-16H2,1H3,(H,28,31)(H,32,33)/b14-13+. The number of aliphatic carboxylic acids is 1. The van der Waals surface area contributed by atoms with Gasteiger partial charge < -0.3 is 10.4 Å². The molecular formula is C27H25N3O3S. The largest absolute Gasteiger partial charge is 0.480 e. The van der Waals surface area contributed by atoms with E-state index in [9.17, 15) is 14.7 Å². The SMILES string of the molecule is CSCCC(NC(=O)/C=C/c1cn(-c2ccccc2)nc1-c1ccc2ccccc2c1)C(=O)O. The zero-order valence-electron chi connectivity index (χ0n) is 18.7. The fraction of sp³-hybridized carbons (Fsp3) is 0.148. The molecule has 3 aromatic carbocycles. The van der Waals surface area contributed by atoms with E-state index in [1.54, 1.807) is 22.5 Å². The molecular weight excluding hydrogens is 446 g/mol. The highest BCUT2D eigenvalue weighted by molar-refractivity contribution is 7.98. The number of amides is 1. The quantitative estimate of drug-likeness (QED) is 0.335. The highest BCUT2D eigenvalue weighted by Crippen LogP contribution is 2.28. The van der Waals surface area contributed by atoms with Crippen LogP contribution in [0.2, 0.25) is 0 Å². The first-order valence-electron chi connectivity index (χ1n) is 10.9. The molecule has 1 unspecified atom stereocenters. The van der Waals surface area contributed by atoms with E-state index in [1.165, 1.54) is 6.08 Å². The smallest absolute Gasteiger partial charge is 0.326 e. The Morgan fingerprint density at radius 3 is 2.53 bits per heavy atom. The molecule has 0 fully saturated rings. The summed E-state index contributed by atoms with van der Waals surface area (Å²) < 4.78 is 1.78. The molecule has 6 nitrogen and oxygen atoms in total. The van der Waals surface area contributed by atoms with E-state index in [0.717, 1.165) is 33.3 Å². The molecule has 0 bridgehead atoms. The van der Waals surface area contributed by atoms with Crippen LogP contribution in [0.5, 0.6) is 0 Å². The first-order valence-corrected chi connectivity index (χ1v) is 12.3. The van der Waals surface area contributed by atoms with Crippen molar-refractivity contribution in [2.45, 2.75) is 12.5 Å². The lowest BCUT2D eigenvalue weighted by atomic mass is 10.0. The van der Waals surface area contributed by atoms with Crippen LogP contribution in [-0.4, -0.2) is 44.8 Å². The molecule has 2 N–H and O–H groups in total. The molecule has 0 aliphatic carbocycles. The van der Waals surface area contributed by atoms with Crippen LogP contribution in [0.15, 0.2) is 85.1 Å². The molecule has 0 aliphatic rings. The molecule has 7 heteroatoms. The molecule has 0 spiro atoms. The highest BCUT2D eigenvalue weighted by atomic mass is 32.2. The lowest BCUT2D eigenvalue weighted by Gasteiger charge is -2.12. The third-order valence-corrected chi connectivity index (χ3v) is 6.07. The molecule has 0 aliphatic heterocycles. The van der Waals surface area contributed by atoms with E-state index in [0.29, 0.717) is 12.2 Å². The highest BCUT2D eigenvalue weighted by Gasteiger charge is 2.18. The topological polar surface area (TPSA) is 84.2 Å². The Bertz CT molecular complexity index is 1330. The van der Waals surface area contributed by atoms with E-state index in [4.69, 9.17) is 5.10 Å². The van der Waals surface area contributed by atoms with Crippen molar-refractivity contribution in [1.82, 2.24) is 15.1 Å². The fourth-order valence-corrected chi connectivity index (χ4v) is 4.13. The van der Waals surface area contributed by atoms with Gasteiger partial charge in [0.05, 0.1) is 11.4 Å². The number of aromatic nitrogens is 2. The van der Waals surface area contributed by atoms with Crippen LogP contribution < -0.4 is 5.32 Å². The van der Waals surface area contributed by atoms with Gasteiger partial charge in [-0.25, -0.2) is 9.48 Å². The number of hydrogen-bond acceptors (Lipinski definition) is 4. The Morgan fingerprint density at radius 2 is 1.79 bits per heavy atom. The third-order valence-electron chi connectivity index (χ3n) is 5.43. The fourth-order valence-electron chi connectivity index (χ4n) is 3.66. The van der Waals surface area contributed by atoms with E-state index in [-0.39, 0.29) is 0 Å². The van der Waals surface area contributed by atoms with Gasteiger partial charge in [0.2, 0.25) is 5.91 Å². The molecule has 4 aromatic rings. The Balaban J connectivity index is 1.67. The van der Waals surface area contributed by atoms with Gasteiger partial charge in [0.25, 0.3) is 0 Å². The lowest BCUT2D eigenvalue weighted by Crippen LogP contribution is -2.40. The Hall–Kier alpha value is -3.84. The zero-order chi connectivity index (χ0) is 23.9. The second-order valence-electron chi connectivity index (χ2n) is 7.79.